The van der Waals surface area contributed by atoms with Gasteiger partial charge in [0, 0.05) is 21.2 Å². The molecule has 2 aromatic carbocycles. The third-order valence-corrected chi connectivity index (χ3v) is 5.70. The molecule has 0 saturated heterocycles. The van der Waals surface area contributed by atoms with Gasteiger partial charge >= 0.3 is 0 Å². The van der Waals surface area contributed by atoms with Gasteiger partial charge in [-0.3, -0.25) is 0 Å². The van der Waals surface area contributed by atoms with Crippen LogP contribution in [0.25, 0.3) is 0 Å². The molecule has 0 fully saturated rings. The van der Waals surface area contributed by atoms with Crippen LogP contribution in [0.1, 0.15) is 5.56 Å². The lowest BCUT2D eigenvalue weighted by molar-refractivity contribution is 0.581. The van der Waals surface area contributed by atoms with E-state index in [2.05, 4.69) is 36.6 Å². The second kappa shape index (κ2) is 6.26. The van der Waals surface area contributed by atoms with Gasteiger partial charge in [0.25, 0.3) is 0 Å². The van der Waals surface area contributed by atoms with Crippen LogP contribution in [-0.4, -0.2) is 8.42 Å². The third-order valence-electron chi connectivity index (χ3n) is 2.65. The maximum absolute atomic E-state index is 12.3. The molecule has 2 rings (SSSR count). The number of nitrogens with two attached hydrogens (primary N) is 1. The molecule has 0 saturated carbocycles. The van der Waals surface area contributed by atoms with E-state index in [0.29, 0.717) is 14.6 Å². The van der Waals surface area contributed by atoms with E-state index in [1.165, 1.54) is 6.07 Å². The summed E-state index contributed by atoms with van der Waals surface area (Å²) in [7, 11) is -3.61. The van der Waals surface area contributed by atoms with Crippen molar-refractivity contribution in [3.05, 3.63) is 57.0 Å². The minimum atomic E-state index is -3.61. The molecule has 0 heterocycles. The number of hydrogen-bond donors (Lipinski definition) is 2. The van der Waals surface area contributed by atoms with Gasteiger partial charge in [0.05, 0.1) is 4.90 Å². The molecule has 0 amide bonds. The van der Waals surface area contributed by atoms with E-state index in [1.807, 2.05) is 30.3 Å². The van der Waals surface area contributed by atoms with Crippen LogP contribution in [0.2, 0.25) is 0 Å². The lowest BCUT2D eigenvalue weighted by atomic mass is 10.2. The number of halogens is 2. The fraction of sp³-hybridized carbons (Fsp3) is 0.0769. The first-order valence-electron chi connectivity index (χ1n) is 5.68. The summed E-state index contributed by atoms with van der Waals surface area (Å²) in [5.74, 6) is 0. The summed E-state index contributed by atoms with van der Waals surface area (Å²) in [5.41, 5.74) is 7.07. The molecule has 0 aliphatic heterocycles. The number of nitrogens with one attached hydrogen (secondary N) is 1. The first kappa shape index (κ1) is 15.5. The van der Waals surface area contributed by atoms with Crippen molar-refractivity contribution in [2.24, 2.45) is 0 Å². The van der Waals surface area contributed by atoms with Crippen molar-refractivity contribution in [3.8, 4) is 0 Å². The highest BCUT2D eigenvalue weighted by atomic mass is 79.9. The van der Waals surface area contributed by atoms with Crippen LogP contribution in [0.5, 0.6) is 0 Å². The Morgan fingerprint density at radius 3 is 2.35 bits per heavy atom. The largest absolute Gasteiger partial charge is 0.398 e. The van der Waals surface area contributed by atoms with Gasteiger partial charge in [-0.25, -0.2) is 13.1 Å². The molecule has 106 valence electrons. The second-order valence-electron chi connectivity index (χ2n) is 4.11. The van der Waals surface area contributed by atoms with Gasteiger partial charge < -0.3 is 5.73 Å². The Hall–Kier alpha value is -0.890. The number of sulfonamides is 1. The molecule has 20 heavy (non-hydrogen) atoms. The molecule has 0 unspecified atom stereocenters. The molecule has 7 heteroatoms. The number of anilines is 1. The number of hydrogen-bond acceptors (Lipinski definition) is 3. The minimum Gasteiger partial charge on any atom is -0.398 e. The molecular formula is C13H12Br2N2O2S. The molecule has 2 aromatic rings. The Labute approximate surface area is 134 Å². The maximum Gasteiger partial charge on any atom is 0.242 e. The smallest absolute Gasteiger partial charge is 0.242 e. The van der Waals surface area contributed by atoms with Crippen LogP contribution in [0, 0.1) is 0 Å². The van der Waals surface area contributed by atoms with Crippen LogP contribution >= 0.6 is 31.9 Å². The first-order chi connectivity index (χ1) is 9.40. The monoisotopic (exact) mass is 418 g/mol. The lowest BCUT2D eigenvalue weighted by Crippen LogP contribution is -2.23. The van der Waals surface area contributed by atoms with Gasteiger partial charge in [-0.2, -0.15) is 0 Å². The number of nitrogen functional groups attached to an aromatic ring is 1. The Balaban J connectivity index is 2.25. The fourth-order valence-electron chi connectivity index (χ4n) is 1.60. The molecule has 0 aliphatic rings. The van der Waals surface area contributed by atoms with Crippen molar-refractivity contribution < 1.29 is 8.42 Å². The molecule has 4 nitrogen and oxygen atoms in total. The van der Waals surface area contributed by atoms with E-state index >= 15 is 0 Å². The van der Waals surface area contributed by atoms with Crippen molar-refractivity contribution in [2.75, 3.05) is 5.73 Å². The van der Waals surface area contributed by atoms with Gasteiger partial charge in [0.1, 0.15) is 0 Å². The Bertz CT molecular complexity index is 719. The van der Waals surface area contributed by atoms with Gasteiger partial charge in [-0.15, -0.1) is 0 Å². The van der Waals surface area contributed by atoms with Gasteiger partial charge in [-0.1, -0.05) is 30.3 Å². The van der Waals surface area contributed by atoms with Crippen LogP contribution in [0.15, 0.2) is 56.3 Å². The minimum absolute atomic E-state index is 0.148. The maximum atomic E-state index is 12.3. The molecule has 0 bridgehead atoms. The lowest BCUT2D eigenvalue weighted by Gasteiger charge is -2.10. The van der Waals surface area contributed by atoms with Crippen molar-refractivity contribution in [1.82, 2.24) is 4.72 Å². The zero-order chi connectivity index (χ0) is 14.8. The van der Waals surface area contributed by atoms with Crippen molar-refractivity contribution in [3.63, 3.8) is 0 Å². The predicted octanol–water partition coefficient (Wildman–Crippen LogP) is 3.27. The van der Waals surface area contributed by atoms with Crippen molar-refractivity contribution in [1.29, 1.82) is 0 Å². The number of rotatable bonds is 4. The fourth-order valence-corrected chi connectivity index (χ4v) is 4.20. The molecular weight excluding hydrogens is 408 g/mol. The highest BCUT2D eigenvalue weighted by molar-refractivity contribution is 9.11. The predicted molar refractivity (Wildman–Crippen MR) is 86.7 cm³/mol. The van der Waals surface area contributed by atoms with Crippen LogP contribution in [0.3, 0.4) is 0 Å². The highest BCUT2D eigenvalue weighted by Crippen LogP contribution is 2.30. The average molecular weight is 420 g/mol. The van der Waals surface area contributed by atoms with E-state index in [4.69, 9.17) is 5.73 Å². The zero-order valence-electron chi connectivity index (χ0n) is 10.3. The van der Waals surface area contributed by atoms with Crippen LogP contribution in [-0.2, 0) is 16.6 Å². The Morgan fingerprint density at radius 1 is 1.05 bits per heavy atom. The van der Waals surface area contributed by atoms with Crippen LogP contribution < -0.4 is 10.5 Å². The third kappa shape index (κ3) is 3.60. The topological polar surface area (TPSA) is 72.2 Å². The van der Waals surface area contributed by atoms with Crippen LogP contribution in [0.4, 0.5) is 5.69 Å². The average Bonchev–Trinajstić information content (AvgIpc) is 2.42. The summed E-state index contributed by atoms with van der Waals surface area (Å²) in [6.45, 7) is 0.234. The Morgan fingerprint density at radius 2 is 1.70 bits per heavy atom. The van der Waals surface area contributed by atoms with Gasteiger partial charge in [0.2, 0.25) is 10.0 Å². The molecule has 0 radical (unpaired) electrons. The van der Waals surface area contributed by atoms with Gasteiger partial charge in [0.15, 0.2) is 0 Å². The Kier molecular flexibility index (Phi) is 4.85. The molecule has 0 aliphatic carbocycles. The van der Waals surface area contributed by atoms with E-state index in [1.54, 1.807) is 6.07 Å². The van der Waals surface area contributed by atoms with E-state index in [0.717, 1.165) is 5.56 Å². The summed E-state index contributed by atoms with van der Waals surface area (Å²) in [5, 5.41) is 0. The summed E-state index contributed by atoms with van der Waals surface area (Å²) >= 11 is 6.45. The van der Waals surface area contributed by atoms with E-state index < -0.39 is 10.0 Å². The van der Waals surface area contributed by atoms with Gasteiger partial charge in [-0.05, 0) is 49.6 Å². The highest BCUT2D eigenvalue weighted by Gasteiger charge is 2.18. The summed E-state index contributed by atoms with van der Waals surface area (Å²) in [6.07, 6.45) is 0. The number of benzene rings is 2. The first-order valence-corrected chi connectivity index (χ1v) is 8.75. The molecule has 0 spiro atoms. The SMILES string of the molecule is Nc1cc(Br)c(S(=O)(=O)NCc2ccccc2)cc1Br. The summed E-state index contributed by atoms with van der Waals surface area (Å²) < 4.78 is 28.1. The zero-order valence-corrected chi connectivity index (χ0v) is 14.3. The van der Waals surface area contributed by atoms with Crippen molar-refractivity contribution >= 4 is 47.6 Å². The molecule has 3 N–H and O–H groups in total. The van der Waals surface area contributed by atoms with E-state index in [-0.39, 0.29) is 11.4 Å². The normalized spacial score (nSPS) is 11.5. The summed E-state index contributed by atoms with van der Waals surface area (Å²) in [4.78, 5) is 0.148. The second-order valence-corrected chi connectivity index (χ2v) is 7.56. The summed E-state index contributed by atoms with van der Waals surface area (Å²) in [6, 6.07) is 12.4. The standard InChI is InChI=1S/C13H12Br2N2O2S/c14-10-7-13(11(15)6-12(10)16)20(18,19)17-8-9-4-2-1-3-5-9/h1-7,17H,8,16H2. The quantitative estimate of drug-likeness (QED) is 0.747. The van der Waals surface area contributed by atoms with Crippen molar-refractivity contribution in [2.45, 2.75) is 11.4 Å². The van der Waals surface area contributed by atoms with E-state index in [9.17, 15) is 8.42 Å². The molecule has 0 aromatic heterocycles. The molecule has 0 atom stereocenters.